The Hall–Kier alpha value is -1.38. The van der Waals surface area contributed by atoms with E-state index in [1.165, 1.54) is 5.56 Å². The number of hydrogen-bond acceptors (Lipinski definition) is 4. The van der Waals surface area contributed by atoms with Crippen LogP contribution in [0.1, 0.15) is 17.5 Å². The van der Waals surface area contributed by atoms with Crippen molar-refractivity contribution in [3.63, 3.8) is 0 Å². The first-order chi connectivity index (χ1) is 13.3. The lowest BCUT2D eigenvalue weighted by atomic mass is 10.1. The summed E-state index contributed by atoms with van der Waals surface area (Å²) in [4.78, 5) is 3.08. The smallest absolute Gasteiger partial charge is 0.123 e. The second-order valence-corrected chi connectivity index (χ2v) is 8.72. The van der Waals surface area contributed by atoms with Gasteiger partial charge in [0.25, 0.3) is 0 Å². The average Bonchev–Trinajstić information content (AvgIpc) is 3.10. The molecule has 3 atom stereocenters. The van der Waals surface area contributed by atoms with Gasteiger partial charge in [0.05, 0.1) is 33.9 Å². The molecule has 2 N–H and O–H groups in total. The van der Waals surface area contributed by atoms with E-state index in [1.54, 1.807) is 6.26 Å². The van der Waals surface area contributed by atoms with Crippen LogP contribution in [0.4, 0.5) is 8.78 Å². The van der Waals surface area contributed by atoms with E-state index in [4.69, 9.17) is 22.1 Å². The zero-order valence-corrected chi connectivity index (χ0v) is 17.1. The fourth-order valence-corrected chi connectivity index (χ4v) is 4.65. The lowest BCUT2D eigenvalue weighted by molar-refractivity contribution is 0.00549. The molecule has 152 valence electrons. The standard InChI is InChI=1S/C14H19ClN2O2S.C6H4F2/c1-20(18)13-3-2-9-5-17(6-12(9)14(13)15)11-4-10(16)7-19-8-11;7-5-1-2-6(8)4-3-5/h2-3,10-11H,4-8,16H2,1H3;1-4H. The minimum Gasteiger partial charge on any atom is -0.378 e. The molecule has 1 fully saturated rings. The summed E-state index contributed by atoms with van der Waals surface area (Å²) >= 11 is 6.41. The quantitative estimate of drug-likeness (QED) is 0.795. The Kier molecular flexibility index (Phi) is 7.17. The van der Waals surface area contributed by atoms with Gasteiger partial charge in [-0.15, -0.1) is 0 Å². The van der Waals surface area contributed by atoms with E-state index in [1.807, 2.05) is 12.1 Å². The van der Waals surface area contributed by atoms with Crippen molar-refractivity contribution in [2.45, 2.75) is 36.5 Å². The number of benzene rings is 2. The molecule has 2 heterocycles. The summed E-state index contributed by atoms with van der Waals surface area (Å²) in [6, 6.07) is 8.70. The Labute approximate surface area is 171 Å². The van der Waals surface area contributed by atoms with Gasteiger partial charge in [-0.3, -0.25) is 9.11 Å². The molecule has 28 heavy (non-hydrogen) atoms. The second kappa shape index (κ2) is 9.41. The molecular weight excluding hydrogens is 406 g/mol. The molecule has 0 radical (unpaired) electrons. The summed E-state index contributed by atoms with van der Waals surface area (Å²) in [5.74, 6) is -0.821. The molecule has 2 aromatic rings. The van der Waals surface area contributed by atoms with E-state index in [9.17, 15) is 13.0 Å². The first-order valence-corrected chi connectivity index (χ1v) is 10.9. The molecule has 2 aromatic carbocycles. The number of rotatable bonds is 2. The van der Waals surface area contributed by atoms with E-state index in [2.05, 4.69) is 4.90 Å². The third-order valence-corrected chi connectivity index (χ3v) is 6.39. The van der Waals surface area contributed by atoms with Gasteiger partial charge < -0.3 is 10.5 Å². The maximum Gasteiger partial charge on any atom is 0.123 e. The summed E-state index contributed by atoms with van der Waals surface area (Å²) in [7, 11) is -1.05. The number of nitrogens with two attached hydrogens (primary N) is 1. The number of halogens is 3. The van der Waals surface area contributed by atoms with Crippen LogP contribution in [0, 0.1) is 11.6 Å². The fourth-order valence-electron chi connectivity index (χ4n) is 3.44. The highest BCUT2D eigenvalue weighted by Crippen LogP contribution is 2.35. The molecule has 8 heteroatoms. The van der Waals surface area contributed by atoms with Gasteiger partial charge in [-0.2, -0.15) is 0 Å². The molecular formula is C20H23ClF2N2O2S. The average molecular weight is 429 g/mol. The topological polar surface area (TPSA) is 55.6 Å². The molecule has 2 aliphatic rings. The monoisotopic (exact) mass is 428 g/mol. The van der Waals surface area contributed by atoms with Crippen LogP contribution in [-0.4, -0.2) is 40.7 Å². The van der Waals surface area contributed by atoms with Crippen LogP contribution in [-0.2, 0) is 28.6 Å². The van der Waals surface area contributed by atoms with Crippen LogP contribution in [0.15, 0.2) is 41.3 Å². The van der Waals surface area contributed by atoms with Crippen molar-refractivity contribution in [2.24, 2.45) is 5.73 Å². The highest BCUT2D eigenvalue weighted by Gasteiger charge is 2.31. The predicted octanol–water partition coefficient (Wildman–Crippen LogP) is 3.47. The van der Waals surface area contributed by atoms with Gasteiger partial charge in [0.2, 0.25) is 0 Å². The minimum absolute atomic E-state index is 0.117. The fraction of sp³-hybridized carbons (Fsp3) is 0.400. The summed E-state index contributed by atoms with van der Waals surface area (Å²) in [5.41, 5.74) is 8.31. The van der Waals surface area contributed by atoms with Crippen molar-refractivity contribution in [3.8, 4) is 0 Å². The number of hydrogen-bond donors (Lipinski definition) is 1. The summed E-state index contributed by atoms with van der Waals surface area (Å²) in [6.07, 6.45) is 2.62. The first kappa shape index (κ1) is 21.3. The lowest BCUT2D eigenvalue weighted by Crippen LogP contribution is -2.46. The highest BCUT2D eigenvalue weighted by atomic mass is 35.5. The van der Waals surface area contributed by atoms with E-state index in [-0.39, 0.29) is 6.04 Å². The first-order valence-electron chi connectivity index (χ1n) is 8.97. The Morgan fingerprint density at radius 3 is 2.32 bits per heavy atom. The summed E-state index contributed by atoms with van der Waals surface area (Å²) < 4.78 is 41.1. The van der Waals surface area contributed by atoms with Crippen LogP contribution in [0.2, 0.25) is 5.02 Å². The van der Waals surface area contributed by atoms with Crippen molar-refractivity contribution in [1.82, 2.24) is 4.90 Å². The Morgan fingerprint density at radius 2 is 1.75 bits per heavy atom. The van der Waals surface area contributed by atoms with Crippen LogP contribution in [0.3, 0.4) is 0 Å². The minimum atomic E-state index is -1.05. The normalized spacial score (nSPS) is 22.9. The van der Waals surface area contributed by atoms with Crippen molar-refractivity contribution in [1.29, 1.82) is 0 Å². The number of nitrogens with zero attached hydrogens (tertiary/aromatic N) is 1. The molecule has 0 spiro atoms. The molecule has 0 aliphatic carbocycles. The molecule has 4 rings (SSSR count). The van der Waals surface area contributed by atoms with Gasteiger partial charge in [-0.05, 0) is 47.9 Å². The maximum absolute atomic E-state index is 11.9. The molecule has 3 unspecified atom stereocenters. The SMILES string of the molecule is CS(=O)c1ccc2c(c1Cl)CN(C1COCC(N)C1)C2.Fc1ccc(F)cc1. The van der Waals surface area contributed by atoms with Crippen LogP contribution >= 0.6 is 11.6 Å². The molecule has 0 saturated carbocycles. The Morgan fingerprint density at radius 1 is 1.11 bits per heavy atom. The summed E-state index contributed by atoms with van der Waals surface area (Å²) in [6.45, 7) is 3.04. The zero-order chi connectivity index (χ0) is 20.3. The van der Waals surface area contributed by atoms with Gasteiger partial charge >= 0.3 is 0 Å². The van der Waals surface area contributed by atoms with Crippen molar-refractivity contribution < 1.29 is 17.7 Å². The third-order valence-electron chi connectivity index (χ3n) is 4.89. The summed E-state index contributed by atoms with van der Waals surface area (Å²) in [5, 5.41) is 0.659. The third kappa shape index (κ3) is 5.15. The van der Waals surface area contributed by atoms with Crippen LogP contribution in [0.25, 0.3) is 0 Å². The van der Waals surface area contributed by atoms with E-state index in [0.29, 0.717) is 17.7 Å². The van der Waals surface area contributed by atoms with Gasteiger partial charge in [0, 0.05) is 31.4 Å². The molecule has 0 aromatic heterocycles. The van der Waals surface area contributed by atoms with Crippen molar-refractivity contribution in [2.75, 3.05) is 19.5 Å². The predicted molar refractivity (Wildman–Crippen MR) is 107 cm³/mol. The van der Waals surface area contributed by atoms with Gasteiger partial charge in [0.1, 0.15) is 11.6 Å². The zero-order valence-electron chi connectivity index (χ0n) is 15.5. The molecule has 2 aliphatic heterocycles. The molecule has 1 saturated heterocycles. The van der Waals surface area contributed by atoms with Crippen LogP contribution in [0.5, 0.6) is 0 Å². The molecule has 0 bridgehead atoms. The molecule has 0 amide bonds. The Bertz CT molecular complexity index is 830. The van der Waals surface area contributed by atoms with Gasteiger partial charge in [0.15, 0.2) is 0 Å². The van der Waals surface area contributed by atoms with E-state index in [0.717, 1.165) is 60.8 Å². The second-order valence-electron chi connectivity index (χ2n) is 7.00. The number of fused-ring (bicyclic) bond motifs is 1. The van der Waals surface area contributed by atoms with E-state index >= 15 is 0 Å². The highest BCUT2D eigenvalue weighted by molar-refractivity contribution is 7.84. The van der Waals surface area contributed by atoms with Gasteiger partial charge in [-0.1, -0.05) is 17.7 Å². The van der Waals surface area contributed by atoms with Crippen LogP contribution < -0.4 is 5.73 Å². The van der Waals surface area contributed by atoms with Gasteiger partial charge in [-0.25, -0.2) is 8.78 Å². The Balaban J connectivity index is 0.000000236. The lowest BCUT2D eigenvalue weighted by Gasteiger charge is -2.33. The maximum atomic E-state index is 11.9. The van der Waals surface area contributed by atoms with Crippen molar-refractivity contribution in [3.05, 3.63) is 64.2 Å². The largest absolute Gasteiger partial charge is 0.378 e. The van der Waals surface area contributed by atoms with Crippen molar-refractivity contribution >= 4 is 22.4 Å². The number of ether oxygens (including phenoxy) is 1. The van der Waals surface area contributed by atoms with E-state index < -0.39 is 22.4 Å². The molecule has 4 nitrogen and oxygen atoms in total.